The second-order valence-corrected chi connectivity index (χ2v) is 6.28. The van der Waals surface area contributed by atoms with E-state index in [2.05, 4.69) is 48.0 Å². The summed E-state index contributed by atoms with van der Waals surface area (Å²) in [6.07, 6.45) is 3.02. The van der Waals surface area contributed by atoms with Crippen LogP contribution in [0.15, 0.2) is 43.1 Å². The highest BCUT2D eigenvalue weighted by Gasteiger charge is 2.52. The first-order chi connectivity index (χ1) is 8.66. The van der Waals surface area contributed by atoms with Crippen LogP contribution >= 0.6 is 11.6 Å². The molecule has 3 aliphatic rings. The molecule has 2 bridgehead atoms. The molecule has 96 valence electrons. The Hall–Kier alpha value is -0.830. The minimum absolute atomic E-state index is 0.230. The predicted molar refractivity (Wildman–Crippen MR) is 75.4 cm³/mol. The zero-order valence-corrected chi connectivity index (χ0v) is 11.4. The molecule has 2 nitrogen and oxygen atoms in total. The van der Waals surface area contributed by atoms with Gasteiger partial charge < -0.3 is 0 Å². The number of nitrogens with zero attached hydrogens (tertiary/aromatic N) is 2. The van der Waals surface area contributed by atoms with Gasteiger partial charge in [0.05, 0.1) is 32.4 Å². The van der Waals surface area contributed by atoms with Crippen LogP contribution in [0.3, 0.4) is 0 Å². The van der Waals surface area contributed by atoms with Gasteiger partial charge in [-0.25, -0.2) is 0 Å². The highest BCUT2D eigenvalue weighted by atomic mass is 35.5. The van der Waals surface area contributed by atoms with E-state index in [0.29, 0.717) is 0 Å². The molecular weight excluding hydrogens is 244 g/mol. The van der Waals surface area contributed by atoms with Crippen molar-refractivity contribution in [3.8, 4) is 0 Å². The quantitative estimate of drug-likeness (QED) is 0.460. The lowest BCUT2D eigenvalue weighted by atomic mass is 9.97. The molecule has 0 N–H and O–H groups in total. The van der Waals surface area contributed by atoms with Crippen LogP contribution in [-0.4, -0.2) is 47.1 Å². The van der Waals surface area contributed by atoms with E-state index in [1.165, 1.54) is 5.56 Å². The molecular formula is C15H20ClN2+. The van der Waals surface area contributed by atoms with Crippen molar-refractivity contribution in [1.29, 1.82) is 0 Å². The lowest BCUT2D eigenvalue weighted by Gasteiger charge is -2.56. The van der Waals surface area contributed by atoms with Crippen molar-refractivity contribution in [2.45, 2.75) is 11.4 Å². The zero-order chi connectivity index (χ0) is 12.6. The first kappa shape index (κ1) is 12.2. The highest BCUT2D eigenvalue weighted by molar-refractivity contribution is 6.24. The summed E-state index contributed by atoms with van der Waals surface area (Å²) in [7, 11) is 0. The number of halogens is 1. The molecule has 1 aromatic rings. The molecule has 0 spiro atoms. The smallest absolute Gasteiger partial charge is 0.150 e. The van der Waals surface area contributed by atoms with Gasteiger partial charge in [-0.3, -0.25) is 9.38 Å². The summed E-state index contributed by atoms with van der Waals surface area (Å²) in [6, 6.07) is 10.6. The summed E-state index contributed by atoms with van der Waals surface area (Å²) in [5.41, 5.74) is 1.32. The second kappa shape index (κ2) is 4.37. The molecule has 0 radical (unpaired) electrons. The van der Waals surface area contributed by atoms with Gasteiger partial charge in [-0.05, 0) is 12.1 Å². The average molecular weight is 264 g/mol. The Labute approximate surface area is 114 Å². The summed E-state index contributed by atoms with van der Waals surface area (Å²) < 4.78 is 0.979. The molecule has 0 aromatic heterocycles. The number of piperazine rings is 3. The van der Waals surface area contributed by atoms with Crippen molar-refractivity contribution in [2.24, 2.45) is 0 Å². The Bertz CT molecular complexity index is 437. The molecule has 3 heteroatoms. The van der Waals surface area contributed by atoms with Crippen LogP contribution in [0.5, 0.6) is 0 Å². The van der Waals surface area contributed by atoms with E-state index in [9.17, 15) is 0 Å². The minimum Gasteiger partial charge on any atom is -0.293 e. The van der Waals surface area contributed by atoms with Crippen molar-refractivity contribution in [1.82, 2.24) is 4.90 Å². The van der Waals surface area contributed by atoms with Crippen LogP contribution in [0.2, 0.25) is 0 Å². The first-order valence-corrected chi connectivity index (χ1v) is 7.01. The number of benzene rings is 1. The Kier molecular flexibility index (Phi) is 2.97. The Balaban J connectivity index is 1.84. The van der Waals surface area contributed by atoms with Gasteiger partial charge in [0.1, 0.15) is 6.54 Å². The van der Waals surface area contributed by atoms with E-state index in [-0.39, 0.29) is 5.00 Å². The van der Waals surface area contributed by atoms with E-state index in [1.807, 2.05) is 0 Å². The molecule has 1 atom stereocenters. The molecule has 4 rings (SSSR count). The number of hydrogen-bond donors (Lipinski definition) is 0. The molecule has 3 fully saturated rings. The summed E-state index contributed by atoms with van der Waals surface area (Å²) >= 11 is 6.94. The number of fused-ring (bicyclic) bond motifs is 3. The predicted octanol–water partition coefficient (Wildman–Crippen LogP) is 2.45. The fraction of sp³-hybridized carbons (Fsp3) is 0.467. The van der Waals surface area contributed by atoms with E-state index in [0.717, 1.165) is 43.6 Å². The van der Waals surface area contributed by atoms with E-state index >= 15 is 0 Å². The van der Waals surface area contributed by atoms with Crippen molar-refractivity contribution in [2.75, 3.05) is 32.7 Å². The fourth-order valence-corrected chi connectivity index (χ4v) is 3.89. The summed E-state index contributed by atoms with van der Waals surface area (Å²) in [5.74, 6) is 0. The van der Waals surface area contributed by atoms with E-state index in [4.69, 9.17) is 11.6 Å². The molecule has 3 saturated heterocycles. The summed E-state index contributed by atoms with van der Waals surface area (Å²) in [4.78, 5) is 2.22. The van der Waals surface area contributed by atoms with Crippen molar-refractivity contribution in [3.63, 3.8) is 0 Å². The molecule has 1 unspecified atom stereocenters. The van der Waals surface area contributed by atoms with E-state index in [1.54, 1.807) is 0 Å². The third-order valence-electron chi connectivity index (χ3n) is 4.46. The van der Waals surface area contributed by atoms with Gasteiger partial charge in [0.2, 0.25) is 0 Å². The number of alkyl halides is 1. The number of quaternary nitrogens is 1. The normalized spacial score (nSPS) is 38.6. The molecule has 0 aliphatic carbocycles. The zero-order valence-electron chi connectivity index (χ0n) is 10.7. The maximum atomic E-state index is 6.94. The molecule has 1 aromatic carbocycles. The van der Waals surface area contributed by atoms with Crippen molar-refractivity contribution in [3.05, 3.63) is 48.7 Å². The fourth-order valence-electron chi connectivity index (χ4n) is 3.33. The van der Waals surface area contributed by atoms with Crippen molar-refractivity contribution < 1.29 is 4.48 Å². The average Bonchev–Trinajstić information content (AvgIpc) is 2.40. The lowest BCUT2D eigenvalue weighted by Crippen LogP contribution is -2.73. The maximum absolute atomic E-state index is 6.94. The van der Waals surface area contributed by atoms with Gasteiger partial charge in [-0.15, -0.1) is 0 Å². The molecule has 3 heterocycles. The molecule has 0 amide bonds. The Morgan fingerprint density at radius 1 is 1.28 bits per heavy atom. The molecule has 0 saturated carbocycles. The maximum Gasteiger partial charge on any atom is 0.150 e. The highest BCUT2D eigenvalue weighted by Crippen LogP contribution is 2.37. The first-order valence-electron chi connectivity index (χ1n) is 6.63. The van der Waals surface area contributed by atoms with Crippen LogP contribution in [0.1, 0.15) is 5.56 Å². The number of hydrogen-bond acceptors (Lipinski definition) is 1. The standard InChI is InChI=1S/C15H20ClN2/c1-2-18-10-8-17(9-11-18)15(16,13-18)12-14-6-4-3-5-7-14/h2-7H,1,8-13H2/q+1. The largest absolute Gasteiger partial charge is 0.293 e. The van der Waals surface area contributed by atoms with Gasteiger partial charge in [-0.1, -0.05) is 41.9 Å². The van der Waals surface area contributed by atoms with Crippen LogP contribution < -0.4 is 0 Å². The van der Waals surface area contributed by atoms with Crippen LogP contribution in [-0.2, 0) is 6.42 Å². The van der Waals surface area contributed by atoms with Gasteiger partial charge in [0, 0.05) is 6.42 Å². The van der Waals surface area contributed by atoms with Crippen LogP contribution in [0, 0.1) is 0 Å². The Morgan fingerprint density at radius 2 is 1.94 bits per heavy atom. The number of rotatable bonds is 3. The van der Waals surface area contributed by atoms with Crippen molar-refractivity contribution >= 4 is 11.6 Å². The van der Waals surface area contributed by atoms with Gasteiger partial charge >= 0.3 is 0 Å². The van der Waals surface area contributed by atoms with Crippen LogP contribution in [0.25, 0.3) is 0 Å². The monoisotopic (exact) mass is 263 g/mol. The third-order valence-corrected chi connectivity index (χ3v) is 4.95. The third kappa shape index (κ3) is 1.99. The molecule has 3 aliphatic heterocycles. The van der Waals surface area contributed by atoms with Gasteiger partial charge in [0.25, 0.3) is 0 Å². The summed E-state index contributed by atoms with van der Waals surface area (Å²) in [6.45, 7) is 9.49. The lowest BCUT2D eigenvalue weighted by molar-refractivity contribution is -0.899. The topological polar surface area (TPSA) is 3.24 Å². The summed E-state index contributed by atoms with van der Waals surface area (Å²) in [5, 5.41) is 0. The van der Waals surface area contributed by atoms with Crippen LogP contribution in [0.4, 0.5) is 0 Å². The molecule has 18 heavy (non-hydrogen) atoms. The minimum atomic E-state index is -0.230. The van der Waals surface area contributed by atoms with Gasteiger partial charge in [-0.2, -0.15) is 0 Å². The Morgan fingerprint density at radius 3 is 2.56 bits per heavy atom. The second-order valence-electron chi connectivity index (χ2n) is 5.57. The SMILES string of the molecule is C=C[N+]12CCN(CC1)C(Cl)(Cc1ccccc1)C2. The van der Waals surface area contributed by atoms with Gasteiger partial charge in [0.15, 0.2) is 5.00 Å². The van der Waals surface area contributed by atoms with E-state index < -0.39 is 0 Å².